The number of halogens is 1. The molecule has 0 saturated carbocycles. The molecule has 0 atom stereocenters. The lowest BCUT2D eigenvalue weighted by atomic mass is 10.2. The summed E-state index contributed by atoms with van der Waals surface area (Å²) < 4.78 is 4.97. The van der Waals surface area contributed by atoms with Gasteiger partial charge >= 0.3 is 0 Å². The Morgan fingerprint density at radius 3 is 2.56 bits per heavy atom. The summed E-state index contributed by atoms with van der Waals surface area (Å²) in [5.74, 6) is 0. The molecule has 1 aliphatic rings. The third-order valence-corrected chi connectivity index (χ3v) is 1.32. The second-order valence-electron chi connectivity index (χ2n) is 2.19. The van der Waals surface area contributed by atoms with Crippen LogP contribution in [0.15, 0.2) is 0 Å². The van der Waals surface area contributed by atoms with Gasteiger partial charge in [0.2, 0.25) is 0 Å². The zero-order valence-corrected chi connectivity index (χ0v) is 6.54. The molecule has 0 aromatic carbocycles. The maximum atomic E-state index is 4.97. The van der Waals surface area contributed by atoms with Gasteiger partial charge in [0.1, 0.15) is 0 Å². The van der Waals surface area contributed by atoms with Crippen molar-refractivity contribution in [1.29, 1.82) is 0 Å². The quantitative estimate of drug-likeness (QED) is 0.645. The average molecular weight is 152 g/mol. The van der Waals surface area contributed by atoms with Crippen LogP contribution in [0.4, 0.5) is 0 Å². The molecule has 0 radical (unpaired) electrons. The molecule has 0 amide bonds. The fourth-order valence-electron chi connectivity index (χ4n) is 0.702. The summed E-state index contributed by atoms with van der Waals surface area (Å²) in [6.07, 6.45) is 1.22. The Labute approximate surface area is 62.4 Å². The Hall–Kier alpha value is 0.210. The minimum absolute atomic E-state index is 0. The standard InChI is InChI=1S/C6H13NO.ClH/c1-2-3-7-6-4-8-5-6;/h6-7H,2-5H2,1H3;1H. The molecule has 2 nitrogen and oxygen atoms in total. The minimum Gasteiger partial charge on any atom is -0.378 e. The molecule has 1 heterocycles. The molecule has 1 aliphatic heterocycles. The maximum Gasteiger partial charge on any atom is 0.0643 e. The van der Waals surface area contributed by atoms with E-state index in [2.05, 4.69) is 12.2 Å². The van der Waals surface area contributed by atoms with E-state index in [1.54, 1.807) is 0 Å². The van der Waals surface area contributed by atoms with Crippen LogP contribution in [0.25, 0.3) is 0 Å². The summed E-state index contributed by atoms with van der Waals surface area (Å²) >= 11 is 0. The van der Waals surface area contributed by atoms with Crippen LogP contribution in [-0.4, -0.2) is 25.8 Å². The molecule has 56 valence electrons. The van der Waals surface area contributed by atoms with Crippen LogP contribution in [-0.2, 0) is 4.74 Å². The first-order valence-corrected chi connectivity index (χ1v) is 3.24. The van der Waals surface area contributed by atoms with Gasteiger partial charge in [-0.15, -0.1) is 12.4 Å². The zero-order valence-electron chi connectivity index (χ0n) is 5.72. The molecule has 0 aliphatic carbocycles. The van der Waals surface area contributed by atoms with Crippen molar-refractivity contribution in [2.75, 3.05) is 19.8 Å². The number of nitrogens with one attached hydrogen (secondary N) is 1. The van der Waals surface area contributed by atoms with E-state index < -0.39 is 0 Å². The monoisotopic (exact) mass is 151 g/mol. The summed E-state index contributed by atoms with van der Waals surface area (Å²) in [5.41, 5.74) is 0. The first kappa shape index (κ1) is 9.21. The van der Waals surface area contributed by atoms with Crippen LogP contribution in [0.2, 0.25) is 0 Å². The van der Waals surface area contributed by atoms with Gasteiger partial charge in [-0.3, -0.25) is 0 Å². The Morgan fingerprint density at radius 1 is 1.56 bits per heavy atom. The molecule has 1 N–H and O–H groups in total. The molecular weight excluding hydrogens is 138 g/mol. The van der Waals surface area contributed by atoms with Gasteiger partial charge in [0.25, 0.3) is 0 Å². The first-order valence-electron chi connectivity index (χ1n) is 3.24. The van der Waals surface area contributed by atoms with E-state index in [0.717, 1.165) is 19.8 Å². The molecule has 0 aromatic rings. The fraction of sp³-hybridized carbons (Fsp3) is 1.00. The topological polar surface area (TPSA) is 21.3 Å². The van der Waals surface area contributed by atoms with E-state index in [-0.39, 0.29) is 12.4 Å². The van der Waals surface area contributed by atoms with Crippen LogP contribution < -0.4 is 5.32 Å². The van der Waals surface area contributed by atoms with Crippen molar-refractivity contribution in [2.45, 2.75) is 19.4 Å². The predicted molar refractivity (Wildman–Crippen MR) is 40.1 cm³/mol. The fourth-order valence-corrected chi connectivity index (χ4v) is 0.702. The normalized spacial score (nSPS) is 18.3. The van der Waals surface area contributed by atoms with Crippen molar-refractivity contribution in [1.82, 2.24) is 5.32 Å². The Morgan fingerprint density at radius 2 is 2.22 bits per heavy atom. The molecule has 0 spiro atoms. The SMILES string of the molecule is CCCNC1COC1.Cl. The van der Waals surface area contributed by atoms with Gasteiger partial charge in [-0.2, -0.15) is 0 Å². The molecule has 1 fully saturated rings. The van der Waals surface area contributed by atoms with E-state index in [0.29, 0.717) is 6.04 Å². The first-order chi connectivity index (χ1) is 3.93. The van der Waals surface area contributed by atoms with Crippen molar-refractivity contribution in [3.05, 3.63) is 0 Å². The molecule has 1 rings (SSSR count). The third-order valence-electron chi connectivity index (χ3n) is 1.32. The highest BCUT2D eigenvalue weighted by Crippen LogP contribution is 1.98. The van der Waals surface area contributed by atoms with E-state index in [1.165, 1.54) is 6.42 Å². The van der Waals surface area contributed by atoms with Crippen LogP contribution in [0.5, 0.6) is 0 Å². The van der Waals surface area contributed by atoms with Crippen molar-refractivity contribution in [3.8, 4) is 0 Å². The molecule has 9 heavy (non-hydrogen) atoms. The summed E-state index contributed by atoms with van der Waals surface area (Å²) in [5, 5.41) is 3.34. The lowest BCUT2D eigenvalue weighted by molar-refractivity contribution is -0.00477. The lowest BCUT2D eigenvalue weighted by Gasteiger charge is -2.26. The predicted octanol–water partition coefficient (Wildman–Crippen LogP) is 0.807. The van der Waals surface area contributed by atoms with Crippen LogP contribution in [0.1, 0.15) is 13.3 Å². The highest BCUT2D eigenvalue weighted by atomic mass is 35.5. The van der Waals surface area contributed by atoms with Crippen molar-refractivity contribution in [2.24, 2.45) is 0 Å². The highest BCUT2D eigenvalue weighted by molar-refractivity contribution is 5.85. The van der Waals surface area contributed by atoms with Crippen LogP contribution in [0.3, 0.4) is 0 Å². The Bertz CT molecular complexity index is 66.1. The molecule has 3 heteroatoms. The largest absolute Gasteiger partial charge is 0.378 e. The molecule has 0 aromatic heterocycles. The third kappa shape index (κ3) is 3.04. The number of ether oxygens (including phenoxy) is 1. The number of hydrogen-bond acceptors (Lipinski definition) is 2. The lowest BCUT2D eigenvalue weighted by Crippen LogP contribution is -2.46. The van der Waals surface area contributed by atoms with E-state index in [1.807, 2.05) is 0 Å². The van der Waals surface area contributed by atoms with Gasteiger partial charge in [-0.05, 0) is 13.0 Å². The number of hydrogen-bond donors (Lipinski definition) is 1. The second-order valence-corrected chi connectivity index (χ2v) is 2.19. The second kappa shape index (κ2) is 5.03. The van der Waals surface area contributed by atoms with E-state index >= 15 is 0 Å². The van der Waals surface area contributed by atoms with Crippen LogP contribution >= 0.6 is 12.4 Å². The summed E-state index contributed by atoms with van der Waals surface area (Å²) in [7, 11) is 0. The highest BCUT2D eigenvalue weighted by Gasteiger charge is 2.15. The molecule has 0 unspecified atom stereocenters. The van der Waals surface area contributed by atoms with Gasteiger partial charge in [0.05, 0.1) is 19.3 Å². The van der Waals surface area contributed by atoms with Gasteiger partial charge in [0, 0.05) is 0 Å². The van der Waals surface area contributed by atoms with Gasteiger partial charge in [0.15, 0.2) is 0 Å². The molecule has 1 saturated heterocycles. The van der Waals surface area contributed by atoms with Gasteiger partial charge in [-0.25, -0.2) is 0 Å². The smallest absolute Gasteiger partial charge is 0.0643 e. The number of rotatable bonds is 3. The van der Waals surface area contributed by atoms with Crippen molar-refractivity contribution < 1.29 is 4.74 Å². The van der Waals surface area contributed by atoms with E-state index in [4.69, 9.17) is 4.74 Å². The van der Waals surface area contributed by atoms with Gasteiger partial charge < -0.3 is 10.1 Å². The average Bonchev–Trinajstić information content (AvgIpc) is 1.63. The van der Waals surface area contributed by atoms with Gasteiger partial charge in [-0.1, -0.05) is 6.92 Å². The Kier molecular flexibility index (Phi) is 5.15. The zero-order chi connectivity index (χ0) is 5.82. The van der Waals surface area contributed by atoms with Crippen molar-refractivity contribution >= 4 is 12.4 Å². The molecule has 0 bridgehead atoms. The summed E-state index contributed by atoms with van der Waals surface area (Å²) in [4.78, 5) is 0. The van der Waals surface area contributed by atoms with Crippen LogP contribution in [0, 0.1) is 0 Å². The Balaban J connectivity index is 0.000000640. The summed E-state index contributed by atoms with van der Waals surface area (Å²) in [6.45, 7) is 5.14. The minimum atomic E-state index is 0. The molecular formula is C6H14ClNO. The summed E-state index contributed by atoms with van der Waals surface area (Å²) in [6, 6.07) is 0.662. The van der Waals surface area contributed by atoms with Crippen molar-refractivity contribution in [3.63, 3.8) is 0 Å². The maximum absolute atomic E-state index is 4.97. The van der Waals surface area contributed by atoms with E-state index in [9.17, 15) is 0 Å².